The first kappa shape index (κ1) is 21.4. The lowest BCUT2D eigenvalue weighted by molar-refractivity contribution is -0.00842. The highest BCUT2D eigenvalue weighted by Crippen LogP contribution is 2.45. The van der Waals surface area contributed by atoms with Gasteiger partial charge in [0.2, 0.25) is 0 Å². The van der Waals surface area contributed by atoms with Crippen molar-refractivity contribution < 1.29 is 9.52 Å². The minimum absolute atomic E-state index is 0.0762. The highest BCUT2D eigenvalue weighted by atomic mass is 16.3. The van der Waals surface area contributed by atoms with E-state index in [1.54, 1.807) is 6.26 Å². The van der Waals surface area contributed by atoms with Crippen LogP contribution in [-0.4, -0.2) is 60.3 Å². The molecular formula is C26H36N2O2. The molecule has 2 heterocycles. The zero-order valence-electron chi connectivity index (χ0n) is 18.5. The van der Waals surface area contributed by atoms with E-state index in [9.17, 15) is 5.11 Å². The molecule has 2 aromatic rings. The summed E-state index contributed by atoms with van der Waals surface area (Å²) in [6.07, 6.45) is 5.43. The van der Waals surface area contributed by atoms with Crippen molar-refractivity contribution in [3.63, 3.8) is 0 Å². The summed E-state index contributed by atoms with van der Waals surface area (Å²) in [5, 5.41) is 12.3. The standard InChI is InChI=1S/C26H36N2O2/c1-20-7-4-8-22(17-20)18-26(29)21(2)24(25-11-6-16-30-25)10-5-9-23(26)19-28-14-12-27(3)13-15-28/h4,6-8,11,16-17,23-24,29H,2,5,9-10,12-15,18-19H2,1,3H3. The minimum atomic E-state index is -0.939. The van der Waals surface area contributed by atoms with Gasteiger partial charge in [0, 0.05) is 51.0 Å². The number of aryl methyl sites for hydroxylation is 1. The van der Waals surface area contributed by atoms with Crippen LogP contribution in [-0.2, 0) is 6.42 Å². The molecule has 0 spiro atoms. The average Bonchev–Trinajstić information content (AvgIpc) is 3.22. The summed E-state index contributed by atoms with van der Waals surface area (Å²) in [6, 6.07) is 12.5. The summed E-state index contributed by atoms with van der Waals surface area (Å²) < 4.78 is 5.77. The molecule has 2 fully saturated rings. The summed E-state index contributed by atoms with van der Waals surface area (Å²) >= 11 is 0. The number of benzene rings is 1. The van der Waals surface area contributed by atoms with Crippen molar-refractivity contribution in [1.82, 2.24) is 9.80 Å². The number of piperazine rings is 1. The van der Waals surface area contributed by atoms with Gasteiger partial charge in [-0.3, -0.25) is 0 Å². The lowest BCUT2D eigenvalue weighted by Crippen LogP contribution is -2.51. The molecular weight excluding hydrogens is 372 g/mol. The Bertz CT molecular complexity index is 838. The molecule has 3 unspecified atom stereocenters. The van der Waals surface area contributed by atoms with Crippen LogP contribution >= 0.6 is 0 Å². The molecule has 1 aliphatic heterocycles. The number of aliphatic hydroxyl groups is 1. The largest absolute Gasteiger partial charge is 0.469 e. The van der Waals surface area contributed by atoms with Crippen LogP contribution in [0, 0.1) is 12.8 Å². The Morgan fingerprint density at radius 2 is 1.93 bits per heavy atom. The van der Waals surface area contributed by atoms with E-state index in [-0.39, 0.29) is 11.8 Å². The van der Waals surface area contributed by atoms with Crippen molar-refractivity contribution in [2.45, 2.75) is 44.1 Å². The first-order valence-electron chi connectivity index (χ1n) is 11.4. The van der Waals surface area contributed by atoms with E-state index in [0.29, 0.717) is 6.42 Å². The summed E-state index contributed by atoms with van der Waals surface area (Å²) in [6.45, 7) is 11.9. The Hall–Kier alpha value is -1.88. The highest BCUT2D eigenvalue weighted by molar-refractivity contribution is 5.34. The van der Waals surface area contributed by atoms with E-state index in [2.05, 4.69) is 54.6 Å². The Balaban J connectivity index is 1.63. The Morgan fingerprint density at radius 1 is 1.13 bits per heavy atom. The quantitative estimate of drug-likeness (QED) is 0.593. The van der Waals surface area contributed by atoms with Crippen LogP contribution in [0.4, 0.5) is 0 Å². The molecule has 4 nitrogen and oxygen atoms in total. The van der Waals surface area contributed by atoms with Gasteiger partial charge in [-0.15, -0.1) is 0 Å². The molecule has 162 valence electrons. The summed E-state index contributed by atoms with van der Waals surface area (Å²) in [4.78, 5) is 4.92. The first-order chi connectivity index (χ1) is 14.5. The van der Waals surface area contributed by atoms with Gasteiger partial charge in [-0.25, -0.2) is 0 Å². The molecule has 0 radical (unpaired) electrons. The van der Waals surface area contributed by atoms with Crippen molar-refractivity contribution in [3.8, 4) is 0 Å². The van der Waals surface area contributed by atoms with Gasteiger partial charge >= 0.3 is 0 Å². The minimum Gasteiger partial charge on any atom is -0.469 e. The maximum Gasteiger partial charge on any atom is 0.110 e. The molecule has 1 aliphatic carbocycles. The second-order valence-electron chi connectivity index (χ2n) is 9.42. The van der Waals surface area contributed by atoms with Gasteiger partial charge in [-0.05, 0) is 50.1 Å². The van der Waals surface area contributed by atoms with Gasteiger partial charge in [0.05, 0.1) is 11.9 Å². The fourth-order valence-corrected chi connectivity index (χ4v) is 5.32. The van der Waals surface area contributed by atoms with Crippen molar-refractivity contribution >= 4 is 0 Å². The molecule has 1 aromatic carbocycles. The maximum atomic E-state index is 12.3. The molecule has 1 saturated carbocycles. The van der Waals surface area contributed by atoms with E-state index in [4.69, 9.17) is 4.42 Å². The van der Waals surface area contributed by atoms with Gasteiger partial charge in [-0.1, -0.05) is 42.8 Å². The topological polar surface area (TPSA) is 39.9 Å². The van der Waals surface area contributed by atoms with Crippen LogP contribution < -0.4 is 0 Å². The van der Waals surface area contributed by atoms with Gasteiger partial charge < -0.3 is 19.3 Å². The molecule has 2 aliphatic rings. The van der Waals surface area contributed by atoms with Gasteiger partial charge in [-0.2, -0.15) is 0 Å². The molecule has 1 N–H and O–H groups in total. The molecule has 0 bridgehead atoms. The molecule has 4 heteroatoms. The smallest absolute Gasteiger partial charge is 0.110 e. The Morgan fingerprint density at radius 3 is 2.63 bits per heavy atom. The second kappa shape index (κ2) is 9.09. The van der Waals surface area contributed by atoms with Crippen LogP contribution in [0.3, 0.4) is 0 Å². The van der Waals surface area contributed by atoms with Crippen molar-refractivity contribution in [2.75, 3.05) is 39.8 Å². The fourth-order valence-electron chi connectivity index (χ4n) is 5.32. The second-order valence-corrected chi connectivity index (χ2v) is 9.42. The van der Waals surface area contributed by atoms with Crippen molar-refractivity contribution in [3.05, 3.63) is 71.7 Å². The van der Waals surface area contributed by atoms with Crippen LogP contribution in [0.25, 0.3) is 0 Å². The van der Waals surface area contributed by atoms with E-state index < -0.39 is 5.60 Å². The number of hydrogen-bond acceptors (Lipinski definition) is 4. The van der Waals surface area contributed by atoms with Crippen molar-refractivity contribution in [2.24, 2.45) is 5.92 Å². The zero-order chi connectivity index (χ0) is 21.1. The number of rotatable bonds is 5. The van der Waals surface area contributed by atoms with Crippen LogP contribution in [0.2, 0.25) is 0 Å². The molecule has 1 aromatic heterocycles. The maximum absolute atomic E-state index is 12.3. The number of likely N-dealkylation sites (N-methyl/N-ethyl adjacent to an activating group) is 1. The summed E-state index contributed by atoms with van der Waals surface area (Å²) in [5.74, 6) is 1.18. The molecule has 0 amide bonds. The first-order valence-corrected chi connectivity index (χ1v) is 11.4. The van der Waals surface area contributed by atoms with Crippen LogP contribution in [0.1, 0.15) is 42.1 Å². The average molecular weight is 409 g/mol. The number of hydrogen-bond donors (Lipinski definition) is 1. The lowest BCUT2D eigenvalue weighted by Gasteiger charge is -2.42. The molecule has 4 rings (SSSR count). The van der Waals surface area contributed by atoms with Gasteiger partial charge in [0.1, 0.15) is 5.76 Å². The third kappa shape index (κ3) is 4.56. The Labute approximate surface area is 181 Å². The predicted octanol–water partition coefficient (Wildman–Crippen LogP) is 4.25. The molecule has 30 heavy (non-hydrogen) atoms. The highest BCUT2D eigenvalue weighted by Gasteiger charge is 2.45. The monoisotopic (exact) mass is 408 g/mol. The van der Waals surface area contributed by atoms with Gasteiger partial charge in [0.15, 0.2) is 0 Å². The zero-order valence-corrected chi connectivity index (χ0v) is 18.5. The van der Waals surface area contributed by atoms with Crippen molar-refractivity contribution in [1.29, 1.82) is 0 Å². The van der Waals surface area contributed by atoms with Gasteiger partial charge in [0.25, 0.3) is 0 Å². The molecule has 3 atom stereocenters. The van der Waals surface area contributed by atoms with Crippen LogP contribution in [0.15, 0.2) is 59.2 Å². The number of nitrogens with zero attached hydrogens (tertiary/aromatic N) is 2. The normalized spacial score (nSPS) is 29.1. The summed E-state index contributed by atoms with van der Waals surface area (Å²) in [5.41, 5.74) is 2.40. The van der Waals surface area contributed by atoms with E-state index in [0.717, 1.165) is 63.3 Å². The van der Waals surface area contributed by atoms with E-state index in [1.807, 2.05) is 12.1 Å². The van der Waals surface area contributed by atoms with Crippen LogP contribution in [0.5, 0.6) is 0 Å². The van der Waals surface area contributed by atoms with E-state index in [1.165, 1.54) is 11.1 Å². The fraction of sp³-hybridized carbons (Fsp3) is 0.538. The lowest BCUT2D eigenvalue weighted by atomic mass is 9.73. The van der Waals surface area contributed by atoms with E-state index >= 15 is 0 Å². The number of furan rings is 1. The molecule has 1 saturated heterocycles. The summed E-state index contributed by atoms with van der Waals surface area (Å²) in [7, 11) is 2.19. The Kier molecular flexibility index (Phi) is 6.47. The predicted molar refractivity (Wildman–Crippen MR) is 122 cm³/mol. The SMILES string of the molecule is C=C1C(c2ccco2)CCCC(CN2CCN(C)CC2)C1(O)Cc1cccc(C)c1. The third-order valence-electron chi connectivity index (χ3n) is 7.21. The third-order valence-corrected chi connectivity index (χ3v) is 7.21.